The molecule has 0 amide bonds. The zero-order valence-corrected chi connectivity index (χ0v) is 6.89. The van der Waals surface area contributed by atoms with Gasteiger partial charge in [-0.15, -0.1) is 11.0 Å². The molecule has 0 aliphatic carbocycles. The lowest BCUT2D eigenvalue weighted by atomic mass is 10.7. The smallest absolute Gasteiger partial charge is 0.231 e. The lowest BCUT2D eigenvalue weighted by Gasteiger charge is -2.12. The average molecular weight is 177 g/mol. The number of sulfonamides is 1. The Balaban J connectivity index is 2.63. The molecule has 0 aromatic rings. The summed E-state index contributed by atoms with van der Waals surface area (Å²) in [6.07, 6.45) is 1.37. The molecule has 6 heteroatoms. The molecule has 1 rings (SSSR count). The molecular formula is C5H11N3O2S. The van der Waals surface area contributed by atoms with Gasteiger partial charge in [0.2, 0.25) is 10.0 Å². The van der Waals surface area contributed by atoms with E-state index in [-0.39, 0.29) is 5.75 Å². The molecule has 64 valence electrons. The van der Waals surface area contributed by atoms with Crippen molar-refractivity contribution < 1.29 is 8.42 Å². The molecule has 1 heterocycles. The highest BCUT2D eigenvalue weighted by Crippen LogP contribution is 1.98. The Kier molecular flexibility index (Phi) is 2.61. The van der Waals surface area contributed by atoms with Gasteiger partial charge in [-0.05, 0) is 0 Å². The van der Waals surface area contributed by atoms with Crippen molar-refractivity contribution in [1.82, 2.24) is 15.4 Å². The third-order valence-electron chi connectivity index (χ3n) is 1.31. The predicted molar refractivity (Wildman–Crippen MR) is 41.8 cm³/mol. The standard InChI is InChI=1S/C5H11N3O2S/c1-2-5-11(9,10)8-4-3-6-7-8/h2,6-7H,1,3-5H2. The second-order valence-corrected chi connectivity index (χ2v) is 4.12. The van der Waals surface area contributed by atoms with Gasteiger partial charge in [-0.3, -0.25) is 0 Å². The zero-order chi connectivity index (χ0) is 8.32. The minimum Gasteiger partial charge on any atom is -0.242 e. The Labute approximate surface area is 66.1 Å². The van der Waals surface area contributed by atoms with E-state index in [0.717, 1.165) is 0 Å². The first-order valence-electron chi connectivity index (χ1n) is 3.26. The molecular weight excluding hydrogens is 166 g/mol. The highest BCUT2D eigenvalue weighted by Gasteiger charge is 2.23. The summed E-state index contributed by atoms with van der Waals surface area (Å²) >= 11 is 0. The molecule has 0 aromatic carbocycles. The van der Waals surface area contributed by atoms with Crippen molar-refractivity contribution in [2.75, 3.05) is 18.8 Å². The number of hydrogen-bond acceptors (Lipinski definition) is 4. The largest absolute Gasteiger partial charge is 0.242 e. The minimum absolute atomic E-state index is 0.0261. The van der Waals surface area contributed by atoms with Gasteiger partial charge in [-0.2, -0.15) is 5.53 Å². The molecule has 0 aromatic heterocycles. The highest BCUT2D eigenvalue weighted by atomic mass is 32.2. The highest BCUT2D eigenvalue weighted by molar-refractivity contribution is 7.89. The van der Waals surface area contributed by atoms with Crippen LogP contribution in [0.4, 0.5) is 0 Å². The topological polar surface area (TPSA) is 61.4 Å². The van der Waals surface area contributed by atoms with Crippen LogP contribution in [0.1, 0.15) is 0 Å². The number of hydrazine groups is 2. The second kappa shape index (κ2) is 3.31. The molecule has 0 atom stereocenters. The van der Waals surface area contributed by atoms with Crippen molar-refractivity contribution in [1.29, 1.82) is 0 Å². The van der Waals surface area contributed by atoms with Gasteiger partial charge in [0.25, 0.3) is 0 Å². The van der Waals surface area contributed by atoms with Gasteiger partial charge in [0.1, 0.15) is 0 Å². The van der Waals surface area contributed by atoms with E-state index in [1.54, 1.807) is 0 Å². The zero-order valence-electron chi connectivity index (χ0n) is 6.08. The van der Waals surface area contributed by atoms with Crippen LogP contribution < -0.4 is 11.0 Å². The third kappa shape index (κ3) is 2.00. The van der Waals surface area contributed by atoms with E-state index >= 15 is 0 Å². The average Bonchev–Trinajstić information content (AvgIpc) is 2.37. The number of nitrogens with one attached hydrogen (secondary N) is 2. The Morgan fingerprint density at radius 1 is 1.64 bits per heavy atom. The van der Waals surface area contributed by atoms with Crippen LogP contribution >= 0.6 is 0 Å². The van der Waals surface area contributed by atoms with Crippen molar-refractivity contribution in [3.05, 3.63) is 12.7 Å². The van der Waals surface area contributed by atoms with Crippen molar-refractivity contribution in [3.8, 4) is 0 Å². The molecule has 1 aliphatic rings. The molecule has 0 saturated carbocycles. The molecule has 0 spiro atoms. The van der Waals surface area contributed by atoms with Crippen molar-refractivity contribution in [3.63, 3.8) is 0 Å². The number of rotatable bonds is 3. The molecule has 5 nitrogen and oxygen atoms in total. The van der Waals surface area contributed by atoms with Crippen molar-refractivity contribution in [2.45, 2.75) is 0 Å². The van der Waals surface area contributed by atoms with Crippen molar-refractivity contribution in [2.24, 2.45) is 0 Å². The Bertz CT molecular complexity index is 230. The summed E-state index contributed by atoms with van der Waals surface area (Å²) in [6, 6.07) is 0. The SMILES string of the molecule is C=CCS(=O)(=O)N1CCNN1. The van der Waals surface area contributed by atoms with Crippen LogP contribution in [0.25, 0.3) is 0 Å². The van der Waals surface area contributed by atoms with Gasteiger partial charge in [-0.1, -0.05) is 6.08 Å². The van der Waals surface area contributed by atoms with Crippen LogP contribution in [0.2, 0.25) is 0 Å². The third-order valence-corrected chi connectivity index (χ3v) is 2.91. The van der Waals surface area contributed by atoms with Crippen molar-refractivity contribution >= 4 is 10.0 Å². The predicted octanol–water partition coefficient (Wildman–Crippen LogP) is -1.17. The fraction of sp³-hybridized carbons (Fsp3) is 0.600. The van der Waals surface area contributed by atoms with E-state index in [9.17, 15) is 8.42 Å². The van der Waals surface area contributed by atoms with Crippen LogP contribution in [0.15, 0.2) is 12.7 Å². The van der Waals surface area contributed by atoms with E-state index in [2.05, 4.69) is 17.5 Å². The van der Waals surface area contributed by atoms with Crippen LogP contribution in [0, 0.1) is 0 Å². The maximum atomic E-state index is 11.2. The Hall–Kier alpha value is -0.430. The van der Waals surface area contributed by atoms with Gasteiger partial charge in [-0.25, -0.2) is 13.8 Å². The van der Waals surface area contributed by atoms with Gasteiger partial charge in [0.15, 0.2) is 0 Å². The quantitative estimate of drug-likeness (QED) is 0.533. The summed E-state index contributed by atoms with van der Waals surface area (Å²) in [5.41, 5.74) is 5.23. The fourth-order valence-corrected chi connectivity index (χ4v) is 1.86. The van der Waals surface area contributed by atoms with Crippen LogP contribution in [0.5, 0.6) is 0 Å². The van der Waals surface area contributed by atoms with Gasteiger partial charge >= 0.3 is 0 Å². The van der Waals surface area contributed by atoms with E-state index in [1.165, 1.54) is 10.5 Å². The fourth-order valence-electron chi connectivity index (χ4n) is 0.805. The Morgan fingerprint density at radius 2 is 2.36 bits per heavy atom. The maximum Gasteiger partial charge on any atom is 0.231 e. The maximum absolute atomic E-state index is 11.2. The summed E-state index contributed by atoms with van der Waals surface area (Å²) in [4.78, 5) is 0. The second-order valence-electron chi connectivity index (χ2n) is 2.18. The molecule has 0 bridgehead atoms. The molecule has 2 N–H and O–H groups in total. The van der Waals surface area contributed by atoms with Gasteiger partial charge in [0.05, 0.1) is 5.75 Å². The first-order chi connectivity index (χ1) is 5.17. The van der Waals surface area contributed by atoms with E-state index < -0.39 is 10.0 Å². The summed E-state index contributed by atoms with van der Waals surface area (Å²) in [7, 11) is -3.17. The molecule has 1 aliphatic heterocycles. The van der Waals surface area contributed by atoms with Gasteiger partial charge in [0, 0.05) is 13.1 Å². The normalized spacial score (nSPS) is 20.4. The van der Waals surface area contributed by atoms with Crippen LogP contribution in [-0.4, -0.2) is 31.7 Å². The molecule has 1 fully saturated rings. The lowest BCUT2D eigenvalue weighted by Crippen LogP contribution is -2.41. The van der Waals surface area contributed by atoms with Crippen LogP contribution in [-0.2, 0) is 10.0 Å². The Morgan fingerprint density at radius 3 is 2.82 bits per heavy atom. The van der Waals surface area contributed by atoms with E-state index in [1.807, 2.05) is 0 Å². The molecule has 11 heavy (non-hydrogen) atoms. The molecule has 1 saturated heterocycles. The number of nitrogens with zero attached hydrogens (tertiary/aromatic N) is 1. The summed E-state index contributed by atoms with van der Waals surface area (Å²) < 4.78 is 23.5. The number of hydrogen-bond donors (Lipinski definition) is 2. The first-order valence-corrected chi connectivity index (χ1v) is 4.87. The van der Waals surface area contributed by atoms with Gasteiger partial charge < -0.3 is 0 Å². The minimum atomic E-state index is -3.17. The molecule has 0 unspecified atom stereocenters. The molecule has 0 radical (unpaired) electrons. The monoisotopic (exact) mass is 177 g/mol. The van der Waals surface area contributed by atoms with Crippen LogP contribution in [0.3, 0.4) is 0 Å². The van der Waals surface area contributed by atoms with E-state index in [0.29, 0.717) is 13.1 Å². The van der Waals surface area contributed by atoms with E-state index in [4.69, 9.17) is 0 Å². The summed E-state index contributed by atoms with van der Waals surface area (Å²) in [5, 5.41) is 0. The lowest BCUT2D eigenvalue weighted by molar-refractivity contribution is 0.371. The first kappa shape index (κ1) is 8.66. The summed E-state index contributed by atoms with van der Waals surface area (Å²) in [5.74, 6) is -0.0261. The summed E-state index contributed by atoms with van der Waals surface area (Å²) in [6.45, 7) is 4.47.